The van der Waals surface area contributed by atoms with Gasteiger partial charge in [0.15, 0.2) is 0 Å². The van der Waals surface area contributed by atoms with Crippen LogP contribution >= 0.6 is 0 Å². The van der Waals surface area contributed by atoms with Crippen molar-refractivity contribution in [2.24, 2.45) is 11.7 Å². The van der Waals surface area contributed by atoms with Crippen molar-refractivity contribution in [2.45, 2.75) is 45.4 Å². The Kier molecular flexibility index (Phi) is 8.77. The predicted molar refractivity (Wildman–Crippen MR) is 96.4 cm³/mol. The van der Waals surface area contributed by atoms with Gasteiger partial charge in [-0.1, -0.05) is 44.2 Å². The van der Waals surface area contributed by atoms with Crippen LogP contribution in [0.2, 0.25) is 0 Å². The van der Waals surface area contributed by atoms with Crippen molar-refractivity contribution >= 4 is 23.9 Å². The number of nitrogens with one attached hydrogen (secondary N) is 2. The Bertz CT molecular complexity index is 662. The second kappa shape index (κ2) is 10.8. The number of hydrogen-bond acceptors (Lipinski definition) is 5. The number of hydrogen-bond donors (Lipinski definition) is 4. The van der Waals surface area contributed by atoms with Crippen LogP contribution in [0.3, 0.4) is 0 Å². The van der Waals surface area contributed by atoms with Crippen molar-refractivity contribution in [1.82, 2.24) is 10.6 Å². The van der Waals surface area contributed by atoms with Crippen molar-refractivity contribution in [1.29, 1.82) is 0 Å². The number of primary amides is 1. The molecule has 0 saturated carbocycles. The molecular formula is C18H25N3O6. The van der Waals surface area contributed by atoms with Gasteiger partial charge in [-0.05, 0) is 17.9 Å². The molecule has 2 atom stereocenters. The maximum absolute atomic E-state index is 12.4. The van der Waals surface area contributed by atoms with E-state index in [4.69, 9.17) is 10.5 Å². The molecule has 1 aromatic rings. The van der Waals surface area contributed by atoms with Crippen LogP contribution in [0.25, 0.3) is 0 Å². The lowest BCUT2D eigenvalue weighted by molar-refractivity contribution is -0.143. The molecule has 27 heavy (non-hydrogen) atoms. The first-order valence-corrected chi connectivity index (χ1v) is 8.49. The van der Waals surface area contributed by atoms with Crippen LogP contribution in [0.1, 0.15) is 32.3 Å². The van der Waals surface area contributed by atoms with Crippen LogP contribution in [0, 0.1) is 5.92 Å². The normalized spacial score (nSPS) is 12.7. The van der Waals surface area contributed by atoms with Gasteiger partial charge >= 0.3 is 12.1 Å². The van der Waals surface area contributed by atoms with E-state index >= 15 is 0 Å². The Morgan fingerprint density at radius 1 is 1.11 bits per heavy atom. The third-order valence-electron chi connectivity index (χ3n) is 3.73. The summed E-state index contributed by atoms with van der Waals surface area (Å²) in [5, 5.41) is 13.9. The molecule has 0 aromatic heterocycles. The van der Waals surface area contributed by atoms with E-state index in [9.17, 15) is 24.3 Å². The molecule has 0 saturated heterocycles. The van der Waals surface area contributed by atoms with E-state index < -0.39 is 36.0 Å². The van der Waals surface area contributed by atoms with Gasteiger partial charge < -0.3 is 26.2 Å². The Labute approximate surface area is 157 Å². The minimum Gasteiger partial charge on any atom is -0.480 e. The van der Waals surface area contributed by atoms with Crippen LogP contribution < -0.4 is 16.4 Å². The monoisotopic (exact) mass is 379 g/mol. The SMILES string of the molecule is CC(C)[C@@H](NC(=O)[C@@H](CCC(N)=O)NC(=O)OCc1ccccc1)C(=O)O. The lowest BCUT2D eigenvalue weighted by atomic mass is 10.0. The Morgan fingerprint density at radius 2 is 1.74 bits per heavy atom. The molecule has 5 N–H and O–H groups in total. The highest BCUT2D eigenvalue weighted by Gasteiger charge is 2.29. The number of alkyl carbamates (subject to hydrolysis) is 1. The highest BCUT2D eigenvalue weighted by Crippen LogP contribution is 2.06. The van der Waals surface area contributed by atoms with E-state index in [1.54, 1.807) is 38.1 Å². The first kappa shape index (κ1) is 21.9. The zero-order valence-electron chi connectivity index (χ0n) is 15.3. The summed E-state index contributed by atoms with van der Waals surface area (Å²) in [6.45, 7) is 3.28. The fraction of sp³-hybridized carbons (Fsp3) is 0.444. The van der Waals surface area contributed by atoms with E-state index in [1.807, 2.05) is 6.07 Å². The summed E-state index contributed by atoms with van der Waals surface area (Å²) in [6.07, 6.45) is -1.09. The summed E-state index contributed by atoms with van der Waals surface area (Å²) >= 11 is 0. The Hall–Kier alpha value is -3.10. The van der Waals surface area contributed by atoms with Crippen LogP contribution in [0.5, 0.6) is 0 Å². The molecule has 1 aromatic carbocycles. The number of benzene rings is 1. The molecule has 0 aliphatic heterocycles. The highest BCUT2D eigenvalue weighted by molar-refractivity contribution is 5.89. The van der Waals surface area contributed by atoms with E-state index in [2.05, 4.69) is 10.6 Å². The number of ether oxygens (including phenoxy) is 1. The number of rotatable bonds is 10. The summed E-state index contributed by atoms with van der Waals surface area (Å²) in [6, 6.07) is 6.66. The predicted octanol–water partition coefficient (Wildman–Crippen LogP) is 0.772. The summed E-state index contributed by atoms with van der Waals surface area (Å²) in [5.41, 5.74) is 5.86. The lowest BCUT2D eigenvalue weighted by Gasteiger charge is -2.22. The van der Waals surface area contributed by atoms with Crippen molar-refractivity contribution < 1.29 is 29.0 Å². The number of aliphatic carboxylic acids is 1. The molecule has 9 nitrogen and oxygen atoms in total. The maximum Gasteiger partial charge on any atom is 0.408 e. The molecule has 148 valence electrons. The van der Waals surface area contributed by atoms with Gasteiger partial charge in [0.05, 0.1) is 0 Å². The second-order valence-electron chi connectivity index (χ2n) is 6.33. The van der Waals surface area contributed by atoms with E-state index in [-0.39, 0.29) is 25.4 Å². The molecule has 0 unspecified atom stereocenters. The van der Waals surface area contributed by atoms with E-state index in [0.29, 0.717) is 0 Å². The molecule has 0 heterocycles. The van der Waals surface area contributed by atoms with E-state index in [1.165, 1.54) is 0 Å². The van der Waals surface area contributed by atoms with Gasteiger partial charge in [0.25, 0.3) is 0 Å². The number of carboxylic acid groups (broad SMARTS) is 1. The third-order valence-corrected chi connectivity index (χ3v) is 3.73. The minimum absolute atomic E-state index is 0.000572. The molecule has 0 bridgehead atoms. The summed E-state index contributed by atoms with van der Waals surface area (Å²) in [4.78, 5) is 46.6. The minimum atomic E-state index is -1.20. The number of carbonyl (C=O) groups excluding carboxylic acids is 3. The van der Waals surface area contributed by atoms with Gasteiger partial charge in [-0.2, -0.15) is 0 Å². The summed E-state index contributed by atoms with van der Waals surface area (Å²) in [7, 11) is 0. The first-order chi connectivity index (χ1) is 12.7. The molecule has 0 aliphatic carbocycles. The fourth-order valence-electron chi connectivity index (χ4n) is 2.23. The first-order valence-electron chi connectivity index (χ1n) is 8.49. The van der Waals surface area contributed by atoms with Gasteiger partial charge in [-0.25, -0.2) is 9.59 Å². The summed E-state index contributed by atoms with van der Waals surface area (Å²) in [5.74, 6) is -2.94. The van der Waals surface area contributed by atoms with Crippen molar-refractivity contribution in [3.8, 4) is 0 Å². The molecule has 0 fully saturated rings. The quantitative estimate of drug-likeness (QED) is 0.472. The van der Waals surface area contributed by atoms with Crippen LogP contribution in [0.4, 0.5) is 4.79 Å². The number of amides is 3. The van der Waals surface area contributed by atoms with E-state index in [0.717, 1.165) is 5.56 Å². The molecule has 1 rings (SSSR count). The maximum atomic E-state index is 12.4. The van der Waals surface area contributed by atoms with Crippen molar-refractivity contribution in [2.75, 3.05) is 0 Å². The van der Waals surface area contributed by atoms with Crippen LogP contribution in [0.15, 0.2) is 30.3 Å². The molecule has 0 aliphatic rings. The van der Waals surface area contributed by atoms with Gasteiger partial charge in [0, 0.05) is 6.42 Å². The number of carboxylic acids is 1. The van der Waals surface area contributed by atoms with Crippen LogP contribution in [-0.2, 0) is 25.7 Å². The zero-order valence-corrected chi connectivity index (χ0v) is 15.3. The van der Waals surface area contributed by atoms with Crippen LogP contribution in [-0.4, -0.2) is 41.1 Å². The molecule has 9 heteroatoms. The topological polar surface area (TPSA) is 148 Å². The second-order valence-corrected chi connectivity index (χ2v) is 6.33. The number of carbonyl (C=O) groups is 4. The smallest absolute Gasteiger partial charge is 0.408 e. The third kappa shape index (κ3) is 8.21. The average molecular weight is 379 g/mol. The fourth-order valence-corrected chi connectivity index (χ4v) is 2.23. The zero-order chi connectivity index (χ0) is 20.4. The van der Waals surface area contributed by atoms with Gasteiger partial charge in [0.1, 0.15) is 18.7 Å². The van der Waals surface area contributed by atoms with Gasteiger partial charge in [-0.3, -0.25) is 9.59 Å². The summed E-state index contributed by atoms with van der Waals surface area (Å²) < 4.78 is 5.05. The van der Waals surface area contributed by atoms with Gasteiger partial charge in [-0.15, -0.1) is 0 Å². The number of nitrogens with two attached hydrogens (primary N) is 1. The highest BCUT2D eigenvalue weighted by atomic mass is 16.5. The standard InChI is InChI=1S/C18H25N3O6/c1-11(2)15(17(24)25)21-16(23)13(8-9-14(19)22)20-18(26)27-10-12-6-4-3-5-7-12/h3-7,11,13,15H,8-10H2,1-2H3,(H2,19,22)(H,20,26)(H,21,23)(H,24,25)/t13-,15-/m1/s1. The Morgan fingerprint density at radius 3 is 2.26 bits per heavy atom. The average Bonchev–Trinajstić information content (AvgIpc) is 2.61. The lowest BCUT2D eigenvalue weighted by Crippen LogP contribution is -2.53. The molecule has 3 amide bonds. The molecule has 0 radical (unpaired) electrons. The van der Waals surface area contributed by atoms with Gasteiger partial charge in [0.2, 0.25) is 11.8 Å². The molecular weight excluding hydrogens is 354 g/mol. The van der Waals surface area contributed by atoms with Crippen molar-refractivity contribution in [3.63, 3.8) is 0 Å². The van der Waals surface area contributed by atoms with Crippen molar-refractivity contribution in [3.05, 3.63) is 35.9 Å². The Balaban J connectivity index is 2.71. The largest absolute Gasteiger partial charge is 0.480 e. The molecule has 0 spiro atoms.